The number of nitrogens with zero attached hydrogens (tertiary/aromatic N) is 1. The Morgan fingerprint density at radius 1 is 0.564 bits per heavy atom. The van der Waals surface area contributed by atoms with Gasteiger partial charge >= 0.3 is 5.97 Å². The summed E-state index contributed by atoms with van der Waals surface area (Å²) in [6, 6.07) is 0. The Kier molecular flexibility index (Phi) is 38.6. The summed E-state index contributed by atoms with van der Waals surface area (Å²) in [5, 5.41) is 0. The molecule has 9 heteroatoms. The number of esters is 1. The van der Waals surface area contributed by atoms with Crippen molar-refractivity contribution in [2.75, 3.05) is 54.1 Å². The largest absolute Gasteiger partial charge is 0.756 e. The first-order valence-corrected chi connectivity index (χ1v) is 24.2. The van der Waals surface area contributed by atoms with E-state index in [9.17, 15) is 14.3 Å². The van der Waals surface area contributed by atoms with Crippen LogP contribution >= 0.6 is 7.82 Å². The van der Waals surface area contributed by atoms with Gasteiger partial charge in [0.1, 0.15) is 19.3 Å². The highest BCUT2D eigenvalue weighted by molar-refractivity contribution is 7.45. The second-order valence-corrected chi connectivity index (χ2v) is 17.8. The molecule has 55 heavy (non-hydrogen) atoms. The van der Waals surface area contributed by atoms with Gasteiger partial charge in [0.25, 0.3) is 7.82 Å². The molecule has 0 aliphatic carbocycles. The third kappa shape index (κ3) is 43.7. The van der Waals surface area contributed by atoms with Gasteiger partial charge < -0.3 is 27.9 Å². The molecule has 0 heterocycles. The maximum absolute atomic E-state index is 12.7. The number of carbonyl (C=O) groups is 1. The number of allylic oxidation sites excluding steroid dienone is 6. The smallest absolute Gasteiger partial charge is 0.306 e. The summed E-state index contributed by atoms with van der Waals surface area (Å²) in [4.78, 5) is 25.1. The molecule has 0 aliphatic rings. The van der Waals surface area contributed by atoms with Gasteiger partial charge in [0.2, 0.25) is 0 Å². The van der Waals surface area contributed by atoms with E-state index in [1.807, 2.05) is 21.1 Å². The minimum atomic E-state index is -4.53. The Hall–Kier alpha value is -1.28. The third-order valence-electron chi connectivity index (χ3n) is 9.66. The fourth-order valence-electron chi connectivity index (χ4n) is 6.10. The Labute approximate surface area is 340 Å². The van der Waals surface area contributed by atoms with Gasteiger partial charge in [-0.2, -0.15) is 0 Å². The van der Waals surface area contributed by atoms with E-state index in [4.69, 9.17) is 18.5 Å². The summed E-state index contributed by atoms with van der Waals surface area (Å²) in [6.07, 6.45) is 45.8. The second kappa shape index (κ2) is 39.5. The highest BCUT2D eigenvalue weighted by Gasteiger charge is 2.20. The van der Waals surface area contributed by atoms with E-state index in [-0.39, 0.29) is 25.8 Å². The Bertz CT molecular complexity index is 978. The lowest BCUT2D eigenvalue weighted by Crippen LogP contribution is -2.37. The zero-order chi connectivity index (χ0) is 40.6. The summed E-state index contributed by atoms with van der Waals surface area (Å²) in [5.74, 6) is -0.344. The zero-order valence-electron chi connectivity index (χ0n) is 36.6. The number of ether oxygens (including phenoxy) is 2. The van der Waals surface area contributed by atoms with Crippen LogP contribution in [0, 0.1) is 0 Å². The van der Waals surface area contributed by atoms with Crippen molar-refractivity contribution in [3.05, 3.63) is 36.5 Å². The number of likely N-dealkylation sites (N-methyl/N-ethyl adjacent to an activating group) is 1. The number of phosphoric ester groups is 1. The molecule has 0 saturated carbocycles. The number of unbranched alkanes of at least 4 members (excludes halogenated alkanes) is 22. The van der Waals surface area contributed by atoms with Crippen molar-refractivity contribution in [3.8, 4) is 0 Å². The van der Waals surface area contributed by atoms with E-state index >= 15 is 0 Å². The molecule has 0 spiro atoms. The molecule has 324 valence electrons. The van der Waals surface area contributed by atoms with Gasteiger partial charge in [-0.3, -0.25) is 9.36 Å². The van der Waals surface area contributed by atoms with Crippen molar-refractivity contribution in [3.63, 3.8) is 0 Å². The van der Waals surface area contributed by atoms with E-state index in [0.717, 1.165) is 44.9 Å². The van der Waals surface area contributed by atoms with E-state index in [2.05, 4.69) is 50.3 Å². The molecule has 0 rings (SSSR count). The Morgan fingerprint density at radius 2 is 1.00 bits per heavy atom. The SMILES string of the molecule is CCCCC/C=C\C/C=C\CCCCCCCCCC(=O)OC(COCCCCCCCC/C=C\CCCCCCCC)COP(=O)([O-])OCC[N+](C)(C)C. The third-order valence-corrected chi connectivity index (χ3v) is 10.6. The fraction of sp³-hybridized carbons (Fsp3) is 0.848. The van der Waals surface area contributed by atoms with Gasteiger partial charge in [0.15, 0.2) is 0 Å². The minimum Gasteiger partial charge on any atom is -0.756 e. The summed E-state index contributed by atoms with van der Waals surface area (Å²) < 4.78 is 34.6. The predicted molar refractivity (Wildman–Crippen MR) is 231 cm³/mol. The molecule has 0 radical (unpaired) electrons. The Balaban J connectivity index is 4.24. The zero-order valence-corrected chi connectivity index (χ0v) is 37.5. The van der Waals surface area contributed by atoms with Crippen LogP contribution < -0.4 is 4.89 Å². The maximum atomic E-state index is 12.7. The number of hydrogen-bond acceptors (Lipinski definition) is 7. The second-order valence-electron chi connectivity index (χ2n) is 16.4. The topological polar surface area (TPSA) is 94.1 Å². The number of hydrogen-bond donors (Lipinski definition) is 0. The standard InChI is InChI=1S/C46H88NO7P/c1-6-8-10-12-14-16-18-20-22-24-25-27-29-31-33-35-37-39-46(48)54-45(44-53-55(49,50)52-42-40-47(3,4)5)43-51-41-38-36-34-32-30-28-26-23-21-19-17-15-13-11-9-7-2/h14,16,20-23,45H,6-13,15,17-19,24-44H2,1-5H3/b16-14-,22-20-,23-21-. The van der Waals surface area contributed by atoms with Crippen LogP contribution in [0.2, 0.25) is 0 Å². The van der Waals surface area contributed by atoms with Crippen LogP contribution in [0.4, 0.5) is 0 Å². The molecule has 0 aromatic rings. The fourth-order valence-corrected chi connectivity index (χ4v) is 6.83. The minimum absolute atomic E-state index is 0.0232. The van der Waals surface area contributed by atoms with Crippen molar-refractivity contribution in [2.45, 2.75) is 200 Å². The van der Waals surface area contributed by atoms with Crippen LogP contribution in [-0.4, -0.2) is 70.7 Å². The van der Waals surface area contributed by atoms with E-state index in [0.29, 0.717) is 24.1 Å². The quantitative estimate of drug-likeness (QED) is 0.0200. The molecule has 0 N–H and O–H groups in total. The monoisotopic (exact) mass is 798 g/mol. The molecule has 0 aromatic carbocycles. The molecule has 8 nitrogen and oxygen atoms in total. The predicted octanol–water partition coefficient (Wildman–Crippen LogP) is 12.8. The average molecular weight is 798 g/mol. The van der Waals surface area contributed by atoms with Crippen molar-refractivity contribution in [2.24, 2.45) is 0 Å². The maximum Gasteiger partial charge on any atom is 0.306 e. The lowest BCUT2D eigenvalue weighted by molar-refractivity contribution is -0.870. The molecule has 2 atom stereocenters. The van der Waals surface area contributed by atoms with Crippen molar-refractivity contribution < 1.29 is 37.3 Å². The summed E-state index contributed by atoms with van der Waals surface area (Å²) in [7, 11) is 1.35. The Morgan fingerprint density at radius 3 is 1.53 bits per heavy atom. The highest BCUT2D eigenvalue weighted by atomic mass is 31.2. The lowest BCUT2D eigenvalue weighted by Gasteiger charge is -2.28. The number of carbonyl (C=O) groups excluding carboxylic acids is 1. The normalized spacial score (nSPS) is 14.1. The molecular formula is C46H88NO7P. The molecular weight excluding hydrogens is 709 g/mol. The van der Waals surface area contributed by atoms with E-state index in [1.54, 1.807) is 0 Å². The molecule has 0 aromatic heterocycles. The summed E-state index contributed by atoms with van der Waals surface area (Å²) in [6.45, 7) is 5.37. The molecule has 0 aliphatic heterocycles. The van der Waals surface area contributed by atoms with Gasteiger partial charge in [0.05, 0.1) is 34.4 Å². The van der Waals surface area contributed by atoms with Crippen LogP contribution in [0.15, 0.2) is 36.5 Å². The summed E-state index contributed by atoms with van der Waals surface area (Å²) in [5.41, 5.74) is 0. The van der Waals surface area contributed by atoms with Gasteiger partial charge in [-0.15, -0.1) is 0 Å². The first-order valence-electron chi connectivity index (χ1n) is 22.7. The van der Waals surface area contributed by atoms with Crippen molar-refractivity contribution in [1.82, 2.24) is 0 Å². The van der Waals surface area contributed by atoms with Gasteiger partial charge in [-0.1, -0.05) is 153 Å². The van der Waals surface area contributed by atoms with Gasteiger partial charge in [-0.25, -0.2) is 0 Å². The van der Waals surface area contributed by atoms with Gasteiger partial charge in [-0.05, 0) is 70.6 Å². The van der Waals surface area contributed by atoms with E-state index < -0.39 is 13.9 Å². The van der Waals surface area contributed by atoms with E-state index in [1.165, 1.54) is 128 Å². The van der Waals surface area contributed by atoms with Crippen LogP contribution in [0.25, 0.3) is 0 Å². The molecule has 0 fully saturated rings. The summed E-state index contributed by atoms with van der Waals surface area (Å²) >= 11 is 0. The van der Waals surface area contributed by atoms with Crippen molar-refractivity contribution >= 4 is 13.8 Å². The average Bonchev–Trinajstić information content (AvgIpc) is 3.13. The van der Waals surface area contributed by atoms with Crippen LogP contribution in [0.3, 0.4) is 0 Å². The number of rotatable bonds is 42. The molecule has 0 saturated heterocycles. The van der Waals surface area contributed by atoms with Crippen molar-refractivity contribution in [1.29, 1.82) is 0 Å². The number of quaternary nitrogens is 1. The first kappa shape index (κ1) is 53.7. The van der Waals surface area contributed by atoms with Crippen LogP contribution in [0.1, 0.15) is 194 Å². The number of phosphoric acid groups is 1. The molecule has 2 unspecified atom stereocenters. The van der Waals surface area contributed by atoms with Gasteiger partial charge in [0, 0.05) is 13.0 Å². The molecule has 0 amide bonds. The highest BCUT2D eigenvalue weighted by Crippen LogP contribution is 2.38. The lowest BCUT2D eigenvalue weighted by atomic mass is 10.1. The first-order chi connectivity index (χ1) is 26.6. The molecule has 0 bridgehead atoms. The van der Waals surface area contributed by atoms with Crippen LogP contribution in [-0.2, 0) is 27.9 Å². The van der Waals surface area contributed by atoms with Crippen LogP contribution in [0.5, 0.6) is 0 Å².